The van der Waals surface area contributed by atoms with Gasteiger partial charge in [0.1, 0.15) is 0 Å². The van der Waals surface area contributed by atoms with E-state index in [9.17, 15) is 0 Å². The fourth-order valence-corrected chi connectivity index (χ4v) is 2.75. The Bertz CT molecular complexity index is 228. The van der Waals surface area contributed by atoms with Crippen LogP contribution >= 0.6 is 0 Å². The summed E-state index contributed by atoms with van der Waals surface area (Å²) in [5, 5.41) is 3.72. The van der Waals surface area contributed by atoms with Gasteiger partial charge in [-0.2, -0.15) is 0 Å². The van der Waals surface area contributed by atoms with Gasteiger partial charge in [0.25, 0.3) is 0 Å². The molecule has 0 aliphatic carbocycles. The van der Waals surface area contributed by atoms with Crippen molar-refractivity contribution in [3.8, 4) is 0 Å². The molecule has 2 heteroatoms. The topological polar surface area (TPSA) is 15.3 Å². The highest BCUT2D eigenvalue weighted by Gasteiger charge is 2.32. The minimum Gasteiger partial charge on any atom is -0.311 e. The third kappa shape index (κ3) is 4.59. The van der Waals surface area contributed by atoms with Gasteiger partial charge in [-0.1, -0.05) is 48.5 Å². The Balaban J connectivity index is 2.69. The minimum absolute atomic E-state index is 0.395. The predicted octanol–water partition coefficient (Wildman–Crippen LogP) is 2.99. The molecule has 1 aliphatic rings. The second-order valence-corrected chi connectivity index (χ2v) is 7.56. The first-order chi connectivity index (χ1) is 7.70. The Morgan fingerprint density at radius 2 is 1.71 bits per heavy atom. The SMILES string of the molecule is CC(C)C1CN(CC(C)(C)C)C(C(C)C)CN1. The van der Waals surface area contributed by atoms with Crippen molar-refractivity contribution in [2.45, 2.75) is 60.5 Å². The molecule has 0 radical (unpaired) electrons. The maximum Gasteiger partial charge on any atom is 0.0244 e. The Kier molecular flexibility index (Phi) is 5.03. The number of nitrogens with zero attached hydrogens (tertiary/aromatic N) is 1. The van der Waals surface area contributed by atoms with Crippen LogP contribution < -0.4 is 5.32 Å². The van der Waals surface area contributed by atoms with Crippen molar-refractivity contribution in [3.63, 3.8) is 0 Å². The summed E-state index contributed by atoms with van der Waals surface area (Å²) < 4.78 is 0. The fourth-order valence-electron chi connectivity index (χ4n) is 2.75. The molecule has 2 unspecified atom stereocenters. The van der Waals surface area contributed by atoms with Crippen molar-refractivity contribution in [1.82, 2.24) is 10.2 Å². The van der Waals surface area contributed by atoms with Crippen LogP contribution in [0, 0.1) is 17.3 Å². The number of nitrogens with one attached hydrogen (secondary N) is 1. The number of rotatable bonds is 3. The molecular weight excluding hydrogens is 208 g/mol. The summed E-state index contributed by atoms with van der Waals surface area (Å²) in [6.45, 7) is 19.9. The molecule has 1 fully saturated rings. The van der Waals surface area contributed by atoms with E-state index in [0.717, 1.165) is 18.4 Å². The van der Waals surface area contributed by atoms with E-state index in [1.807, 2.05) is 0 Å². The zero-order valence-corrected chi connectivity index (χ0v) is 12.9. The number of hydrogen-bond acceptors (Lipinski definition) is 2. The van der Waals surface area contributed by atoms with E-state index in [1.54, 1.807) is 0 Å². The highest BCUT2D eigenvalue weighted by molar-refractivity contribution is 4.90. The highest BCUT2D eigenvalue weighted by Crippen LogP contribution is 2.23. The molecule has 0 aromatic rings. The van der Waals surface area contributed by atoms with Crippen LogP contribution in [0.2, 0.25) is 0 Å². The smallest absolute Gasteiger partial charge is 0.0244 e. The zero-order chi connectivity index (χ0) is 13.2. The molecular formula is C15H32N2. The Labute approximate surface area is 108 Å². The van der Waals surface area contributed by atoms with Crippen LogP contribution in [0.1, 0.15) is 48.5 Å². The lowest BCUT2D eigenvalue weighted by molar-refractivity contribution is 0.0556. The van der Waals surface area contributed by atoms with Crippen LogP contribution in [0.15, 0.2) is 0 Å². The molecule has 17 heavy (non-hydrogen) atoms. The Hall–Kier alpha value is -0.0800. The molecule has 1 aliphatic heterocycles. The van der Waals surface area contributed by atoms with E-state index in [2.05, 4.69) is 58.7 Å². The first-order valence-corrected chi connectivity index (χ1v) is 7.18. The molecule has 2 nitrogen and oxygen atoms in total. The van der Waals surface area contributed by atoms with Gasteiger partial charge >= 0.3 is 0 Å². The van der Waals surface area contributed by atoms with Crippen molar-refractivity contribution in [3.05, 3.63) is 0 Å². The van der Waals surface area contributed by atoms with Gasteiger partial charge in [-0.3, -0.25) is 4.90 Å². The first kappa shape index (κ1) is 15.0. The van der Waals surface area contributed by atoms with E-state index < -0.39 is 0 Å². The first-order valence-electron chi connectivity index (χ1n) is 7.18. The molecule has 2 atom stereocenters. The van der Waals surface area contributed by atoms with Gasteiger partial charge in [0.2, 0.25) is 0 Å². The Morgan fingerprint density at radius 3 is 2.12 bits per heavy atom. The van der Waals surface area contributed by atoms with E-state index >= 15 is 0 Å². The predicted molar refractivity (Wildman–Crippen MR) is 76.3 cm³/mol. The zero-order valence-electron chi connectivity index (χ0n) is 12.9. The quantitative estimate of drug-likeness (QED) is 0.816. The van der Waals surface area contributed by atoms with Crippen LogP contribution in [-0.2, 0) is 0 Å². The van der Waals surface area contributed by atoms with Crippen molar-refractivity contribution in [2.24, 2.45) is 17.3 Å². The van der Waals surface area contributed by atoms with Crippen LogP contribution in [0.25, 0.3) is 0 Å². The lowest BCUT2D eigenvalue weighted by Crippen LogP contribution is -2.60. The highest BCUT2D eigenvalue weighted by atomic mass is 15.2. The second kappa shape index (κ2) is 5.71. The normalized spacial score (nSPS) is 28.1. The lowest BCUT2D eigenvalue weighted by Gasteiger charge is -2.46. The molecule has 102 valence electrons. The van der Waals surface area contributed by atoms with Crippen molar-refractivity contribution >= 4 is 0 Å². The maximum absolute atomic E-state index is 3.72. The fraction of sp³-hybridized carbons (Fsp3) is 1.00. The third-order valence-corrected chi connectivity index (χ3v) is 3.74. The molecule has 1 saturated heterocycles. The van der Waals surface area contributed by atoms with Gasteiger partial charge in [-0.25, -0.2) is 0 Å². The van der Waals surface area contributed by atoms with Crippen molar-refractivity contribution in [2.75, 3.05) is 19.6 Å². The molecule has 0 saturated carbocycles. The van der Waals surface area contributed by atoms with Gasteiger partial charge in [-0.15, -0.1) is 0 Å². The van der Waals surface area contributed by atoms with Gasteiger partial charge < -0.3 is 5.32 Å². The van der Waals surface area contributed by atoms with Crippen LogP contribution in [0.4, 0.5) is 0 Å². The average Bonchev–Trinajstić information content (AvgIpc) is 2.14. The second-order valence-electron chi connectivity index (χ2n) is 7.56. The summed E-state index contributed by atoms with van der Waals surface area (Å²) in [7, 11) is 0. The van der Waals surface area contributed by atoms with E-state index in [-0.39, 0.29) is 0 Å². The Morgan fingerprint density at radius 1 is 1.12 bits per heavy atom. The van der Waals surface area contributed by atoms with Crippen molar-refractivity contribution < 1.29 is 0 Å². The minimum atomic E-state index is 0.395. The molecule has 0 spiro atoms. The van der Waals surface area contributed by atoms with E-state index in [1.165, 1.54) is 13.1 Å². The molecule has 0 bridgehead atoms. The van der Waals surface area contributed by atoms with Crippen molar-refractivity contribution in [1.29, 1.82) is 0 Å². The standard InChI is InChI=1S/C15H32N2/c1-11(2)13-9-17(10-15(5,6)7)14(8-16-13)12(3)4/h11-14,16H,8-10H2,1-7H3. The van der Waals surface area contributed by atoms with E-state index in [4.69, 9.17) is 0 Å². The summed E-state index contributed by atoms with van der Waals surface area (Å²) in [6.07, 6.45) is 0. The molecule has 0 aromatic carbocycles. The summed E-state index contributed by atoms with van der Waals surface area (Å²) in [5.74, 6) is 1.46. The molecule has 0 aromatic heterocycles. The summed E-state index contributed by atoms with van der Waals surface area (Å²) in [4.78, 5) is 2.71. The third-order valence-electron chi connectivity index (χ3n) is 3.74. The van der Waals surface area contributed by atoms with Crippen LogP contribution in [0.3, 0.4) is 0 Å². The molecule has 1 N–H and O–H groups in total. The number of hydrogen-bond donors (Lipinski definition) is 1. The molecule has 1 rings (SSSR count). The summed E-state index contributed by atoms with van der Waals surface area (Å²) in [6, 6.07) is 1.36. The lowest BCUT2D eigenvalue weighted by atomic mass is 9.89. The van der Waals surface area contributed by atoms with Crippen LogP contribution in [-0.4, -0.2) is 36.6 Å². The van der Waals surface area contributed by atoms with Crippen LogP contribution in [0.5, 0.6) is 0 Å². The largest absolute Gasteiger partial charge is 0.311 e. The number of piperazine rings is 1. The summed E-state index contributed by atoms with van der Waals surface area (Å²) >= 11 is 0. The average molecular weight is 240 g/mol. The van der Waals surface area contributed by atoms with Gasteiger partial charge in [0.15, 0.2) is 0 Å². The van der Waals surface area contributed by atoms with E-state index in [0.29, 0.717) is 17.5 Å². The maximum atomic E-state index is 3.72. The van der Waals surface area contributed by atoms with Gasteiger partial charge in [0, 0.05) is 31.7 Å². The van der Waals surface area contributed by atoms with Gasteiger partial charge in [0.05, 0.1) is 0 Å². The van der Waals surface area contributed by atoms with Gasteiger partial charge in [-0.05, 0) is 17.3 Å². The summed E-state index contributed by atoms with van der Waals surface area (Å²) in [5.41, 5.74) is 0.395. The molecule has 1 heterocycles. The molecule has 0 amide bonds. The monoisotopic (exact) mass is 240 g/mol.